The molecular formula is C12H21N5O6. The number of amides is 4. The van der Waals surface area contributed by atoms with Gasteiger partial charge in [0.1, 0.15) is 12.1 Å². The van der Waals surface area contributed by atoms with E-state index in [1.165, 1.54) is 6.92 Å². The average Bonchev–Trinajstić information content (AvgIpc) is 2.48. The molecule has 4 amide bonds. The number of carboxylic acids is 1. The molecule has 2 atom stereocenters. The first-order valence-electron chi connectivity index (χ1n) is 6.75. The number of aliphatic carboxylic acids is 1. The maximum atomic E-state index is 11.9. The molecule has 0 rings (SSSR count). The summed E-state index contributed by atoms with van der Waals surface area (Å²) in [4.78, 5) is 56.0. The minimum absolute atomic E-state index is 0.0555. The molecule has 11 nitrogen and oxygen atoms in total. The largest absolute Gasteiger partial charge is 0.480 e. The number of carbonyl (C=O) groups is 5. The lowest BCUT2D eigenvalue weighted by Gasteiger charge is -2.17. The molecule has 0 radical (unpaired) electrons. The smallest absolute Gasteiger partial charge is 0.325 e. The van der Waals surface area contributed by atoms with Crippen molar-refractivity contribution in [3.05, 3.63) is 0 Å². The van der Waals surface area contributed by atoms with E-state index in [2.05, 4.69) is 16.0 Å². The van der Waals surface area contributed by atoms with E-state index in [1.54, 1.807) is 0 Å². The molecular weight excluding hydrogens is 310 g/mol. The Hall–Kier alpha value is -2.69. The molecule has 0 bridgehead atoms. The van der Waals surface area contributed by atoms with Gasteiger partial charge in [-0.15, -0.1) is 0 Å². The number of carboxylic acid groups (broad SMARTS) is 1. The van der Waals surface area contributed by atoms with Crippen molar-refractivity contribution in [2.24, 2.45) is 11.5 Å². The summed E-state index contributed by atoms with van der Waals surface area (Å²) >= 11 is 0. The van der Waals surface area contributed by atoms with Crippen LogP contribution in [0.5, 0.6) is 0 Å². The number of primary amides is 1. The van der Waals surface area contributed by atoms with Crippen LogP contribution >= 0.6 is 0 Å². The van der Waals surface area contributed by atoms with E-state index in [0.717, 1.165) is 0 Å². The standard InChI is InChI=1S/C12H21N5O6/c1-6(12(22)23)16-10(20)5-15-11(21)7(2-3-8(14)18)17-9(19)4-13/h6-7H,2-5,13H2,1H3,(H2,14,18)(H,15,21)(H,16,20)(H,17,19)(H,22,23). The first-order valence-corrected chi connectivity index (χ1v) is 6.75. The van der Waals surface area contributed by atoms with E-state index in [-0.39, 0.29) is 19.4 Å². The van der Waals surface area contributed by atoms with E-state index in [4.69, 9.17) is 16.6 Å². The second kappa shape index (κ2) is 10.1. The van der Waals surface area contributed by atoms with Crippen LogP contribution in [0.1, 0.15) is 19.8 Å². The van der Waals surface area contributed by atoms with Crippen molar-refractivity contribution in [3.8, 4) is 0 Å². The second-order valence-corrected chi connectivity index (χ2v) is 4.67. The topological polar surface area (TPSA) is 194 Å². The van der Waals surface area contributed by atoms with E-state index in [1.807, 2.05) is 0 Å². The van der Waals surface area contributed by atoms with E-state index in [9.17, 15) is 24.0 Å². The molecule has 23 heavy (non-hydrogen) atoms. The number of hydrogen-bond donors (Lipinski definition) is 6. The van der Waals surface area contributed by atoms with Crippen molar-refractivity contribution in [3.63, 3.8) is 0 Å². The minimum Gasteiger partial charge on any atom is -0.480 e. The first-order chi connectivity index (χ1) is 10.7. The quantitative estimate of drug-likeness (QED) is 0.238. The summed E-state index contributed by atoms with van der Waals surface area (Å²) in [5.41, 5.74) is 10.1. The summed E-state index contributed by atoms with van der Waals surface area (Å²) in [7, 11) is 0. The van der Waals surface area contributed by atoms with Gasteiger partial charge in [0, 0.05) is 6.42 Å². The molecule has 0 aromatic rings. The summed E-state index contributed by atoms with van der Waals surface area (Å²) in [6.07, 6.45) is -0.203. The summed E-state index contributed by atoms with van der Waals surface area (Å²) in [6, 6.07) is -2.19. The van der Waals surface area contributed by atoms with Crippen LogP contribution in [0.25, 0.3) is 0 Å². The number of hydrogen-bond acceptors (Lipinski definition) is 6. The minimum atomic E-state index is -1.22. The molecule has 0 aliphatic rings. The molecule has 8 N–H and O–H groups in total. The highest BCUT2D eigenvalue weighted by Gasteiger charge is 2.22. The van der Waals surface area contributed by atoms with Gasteiger partial charge in [-0.05, 0) is 13.3 Å². The number of rotatable bonds is 10. The summed E-state index contributed by atoms with van der Waals surface area (Å²) in [5.74, 6) is -3.92. The maximum absolute atomic E-state index is 11.9. The zero-order valence-corrected chi connectivity index (χ0v) is 12.6. The van der Waals surface area contributed by atoms with Crippen LogP contribution in [0, 0.1) is 0 Å². The molecule has 0 saturated heterocycles. The van der Waals surface area contributed by atoms with Gasteiger partial charge in [-0.1, -0.05) is 0 Å². The average molecular weight is 331 g/mol. The first kappa shape index (κ1) is 20.3. The molecule has 11 heteroatoms. The van der Waals surface area contributed by atoms with Crippen LogP contribution in [0.3, 0.4) is 0 Å². The second-order valence-electron chi connectivity index (χ2n) is 4.67. The zero-order valence-electron chi connectivity index (χ0n) is 12.6. The molecule has 0 spiro atoms. The van der Waals surface area contributed by atoms with Gasteiger partial charge < -0.3 is 32.5 Å². The lowest BCUT2D eigenvalue weighted by Crippen LogP contribution is -2.51. The maximum Gasteiger partial charge on any atom is 0.325 e. The molecule has 0 aromatic heterocycles. The highest BCUT2D eigenvalue weighted by molar-refractivity contribution is 5.92. The lowest BCUT2D eigenvalue weighted by molar-refractivity contribution is -0.141. The van der Waals surface area contributed by atoms with E-state index >= 15 is 0 Å². The molecule has 0 heterocycles. The van der Waals surface area contributed by atoms with Crippen molar-refractivity contribution < 1.29 is 29.1 Å². The predicted octanol–water partition coefficient (Wildman–Crippen LogP) is -3.60. The van der Waals surface area contributed by atoms with Crippen LogP contribution in [-0.2, 0) is 24.0 Å². The van der Waals surface area contributed by atoms with Gasteiger partial charge >= 0.3 is 5.97 Å². The molecule has 0 saturated carbocycles. The third-order valence-corrected chi connectivity index (χ3v) is 2.69. The highest BCUT2D eigenvalue weighted by atomic mass is 16.4. The Kier molecular flexibility index (Phi) is 8.92. The molecule has 130 valence electrons. The third kappa shape index (κ3) is 9.03. The van der Waals surface area contributed by atoms with Crippen molar-refractivity contribution in [2.75, 3.05) is 13.1 Å². The Balaban J connectivity index is 4.51. The van der Waals surface area contributed by atoms with Crippen LogP contribution in [0.15, 0.2) is 0 Å². The zero-order chi connectivity index (χ0) is 18.0. The Labute approximate surface area is 132 Å². The summed E-state index contributed by atoms with van der Waals surface area (Å²) in [5, 5.41) is 15.3. The Bertz CT molecular complexity index is 481. The molecule has 0 fully saturated rings. The fourth-order valence-corrected chi connectivity index (χ4v) is 1.45. The Morgan fingerprint density at radius 1 is 1.09 bits per heavy atom. The molecule has 0 aliphatic heterocycles. The van der Waals surface area contributed by atoms with Gasteiger partial charge in [-0.2, -0.15) is 0 Å². The summed E-state index contributed by atoms with van der Waals surface area (Å²) < 4.78 is 0. The third-order valence-electron chi connectivity index (χ3n) is 2.69. The van der Waals surface area contributed by atoms with Crippen molar-refractivity contribution in [1.29, 1.82) is 0 Å². The van der Waals surface area contributed by atoms with E-state index < -0.39 is 48.2 Å². The van der Waals surface area contributed by atoms with Gasteiger partial charge in [0.2, 0.25) is 23.6 Å². The van der Waals surface area contributed by atoms with Gasteiger partial charge in [0.25, 0.3) is 0 Å². The highest BCUT2D eigenvalue weighted by Crippen LogP contribution is 1.97. The van der Waals surface area contributed by atoms with Crippen molar-refractivity contribution >= 4 is 29.6 Å². The SMILES string of the molecule is CC(NC(=O)CNC(=O)C(CCC(N)=O)NC(=O)CN)C(=O)O. The van der Waals surface area contributed by atoms with Crippen LogP contribution < -0.4 is 27.4 Å². The van der Waals surface area contributed by atoms with Crippen LogP contribution in [0.4, 0.5) is 0 Å². The normalized spacial score (nSPS) is 12.6. The number of nitrogens with two attached hydrogens (primary N) is 2. The Morgan fingerprint density at radius 3 is 2.17 bits per heavy atom. The van der Waals surface area contributed by atoms with Crippen molar-refractivity contribution in [2.45, 2.75) is 31.8 Å². The Morgan fingerprint density at radius 2 is 1.70 bits per heavy atom. The number of nitrogens with one attached hydrogen (secondary N) is 3. The molecule has 0 aliphatic carbocycles. The van der Waals surface area contributed by atoms with Gasteiger partial charge in [-0.3, -0.25) is 24.0 Å². The van der Waals surface area contributed by atoms with Gasteiger partial charge in [0.05, 0.1) is 13.1 Å². The number of carbonyl (C=O) groups excluding carboxylic acids is 4. The van der Waals surface area contributed by atoms with Gasteiger partial charge in [0.15, 0.2) is 0 Å². The molecule has 0 aromatic carbocycles. The lowest BCUT2D eigenvalue weighted by atomic mass is 10.1. The predicted molar refractivity (Wildman–Crippen MR) is 77.7 cm³/mol. The fourth-order valence-electron chi connectivity index (χ4n) is 1.45. The van der Waals surface area contributed by atoms with E-state index in [0.29, 0.717) is 0 Å². The van der Waals surface area contributed by atoms with Gasteiger partial charge in [-0.25, -0.2) is 0 Å². The fraction of sp³-hybridized carbons (Fsp3) is 0.583. The monoisotopic (exact) mass is 331 g/mol. The summed E-state index contributed by atoms with van der Waals surface area (Å²) in [6.45, 7) is 0.429. The van der Waals surface area contributed by atoms with Crippen LogP contribution in [-0.4, -0.2) is 59.9 Å². The van der Waals surface area contributed by atoms with Crippen molar-refractivity contribution in [1.82, 2.24) is 16.0 Å². The van der Waals surface area contributed by atoms with Crippen LogP contribution in [0.2, 0.25) is 0 Å². The molecule has 2 unspecified atom stereocenters.